The number of aliphatic carboxylic acids is 1. The Morgan fingerprint density at radius 3 is 2.38 bits per heavy atom. The van der Waals surface area contributed by atoms with Crippen LogP contribution in [-0.4, -0.2) is 29.5 Å². The van der Waals surface area contributed by atoms with E-state index in [1.165, 1.54) is 0 Å². The summed E-state index contributed by atoms with van der Waals surface area (Å²) in [5, 5.41) is 9.39. The van der Waals surface area contributed by atoms with Crippen molar-refractivity contribution in [2.24, 2.45) is 11.8 Å². The molecule has 1 aromatic rings. The first-order chi connectivity index (χ1) is 12.3. The predicted octanol–water partition coefficient (Wildman–Crippen LogP) is 2.29. The van der Waals surface area contributed by atoms with Gasteiger partial charge in [0.2, 0.25) is 5.91 Å². The molecule has 0 aliphatic heterocycles. The molecule has 0 saturated carbocycles. The number of carbonyl (C=O) groups is 3. The first-order valence-electron chi connectivity index (χ1n) is 8.54. The van der Waals surface area contributed by atoms with Crippen molar-refractivity contribution in [2.45, 2.75) is 33.6 Å². The number of ether oxygens (including phenoxy) is 1. The number of rotatable bonds is 5. The Hall–Kier alpha value is -2.83. The fraction of sp³-hybridized carbons (Fsp3) is 0.421. The fourth-order valence-electron chi connectivity index (χ4n) is 3.00. The highest BCUT2D eigenvalue weighted by Crippen LogP contribution is 2.34. The van der Waals surface area contributed by atoms with Gasteiger partial charge in [0, 0.05) is 5.56 Å². The molecule has 0 fully saturated rings. The number of nitrogens with one attached hydrogen (secondary N) is 2. The van der Waals surface area contributed by atoms with E-state index in [1.807, 2.05) is 20.8 Å². The lowest BCUT2D eigenvalue weighted by molar-refractivity contribution is -0.147. The largest absolute Gasteiger partial charge is 0.494 e. The summed E-state index contributed by atoms with van der Waals surface area (Å²) in [4.78, 5) is 36.1. The molecule has 0 spiro atoms. The summed E-state index contributed by atoms with van der Waals surface area (Å²) in [5.74, 6) is -2.96. The van der Waals surface area contributed by atoms with Gasteiger partial charge in [-0.05, 0) is 51.8 Å². The van der Waals surface area contributed by atoms with Crippen molar-refractivity contribution in [1.82, 2.24) is 10.9 Å². The molecule has 0 bridgehead atoms. The number of benzene rings is 1. The first-order valence-corrected chi connectivity index (χ1v) is 8.54. The molecule has 26 heavy (non-hydrogen) atoms. The number of hydrogen-bond donors (Lipinski definition) is 3. The summed E-state index contributed by atoms with van der Waals surface area (Å²) in [6.07, 6.45) is 0.702. The third-order valence-corrected chi connectivity index (χ3v) is 4.63. The number of carboxylic acids is 1. The number of hydrogen-bond acceptors (Lipinski definition) is 4. The molecule has 140 valence electrons. The second-order valence-electron chi connectivity index (χ2n) is 6.42. The average molecular weight is 360 g/mol. The molecule has 2 amide bonds. The van der Waals surface area contributed by atoms with Gasteiger partial charge < -0.3 is 9.84 Å². The van der Waals surface area contributed by atoms with Gasteiger partial charge in [0.05, 0.1) is 18.4 Å². The summed E-state index contributed by atoms with van der Waals surface area (Å²) in [6, 6.07) is 6.58. The molecule has 1 aliphatic rings. The van der Waals surface area contributed by atoms with E-state index in [0.29, 0.717) is 30.8 Å². The zero-order valence-corrected chi connectivity index (χ0v) is 15.2. The van der Waals surface area contributed by atoms with E-state index in [0.717, 1.165) is 11.1 Å². The lowest BCUT2D eigenvalue weighted by atomic mass is 9.76. The van der Waals surface area contributed by atoms with Gasteiger partial charge in [-0.3, -0.25) is 25.2 Å². The van der Waals surface area contributed by atoms with E-state index in [1.54, 1.807) is 24.3 Å². The van der Waals surface area contributed by atoms with Gasteiger partial charge in [0.25, 0.3) is 5.91 Å². The number of carboxylic acid groups (broad SMARTS) is 1. The molecule has 7 heteroatoms. The second-order valence-corrected chi connectivity index (χ2v) is 6.42. The van der Waals surface area contributed by atoms with E-state index >= 15 is 0 Å². The molecule has 1 aromatic carbocycles. The summed E-state index contributed by atoms with van der Waals surface area (Å²) in [6.45, 7) is 6.10. The van der Waals surface area contributed by atoms with Crippen LogP contribution in [-0.2, 0) is 9.59 Å². The molecule has 0 aromatic heterocycles. The van der Waals surface area contributed by atoms with Crippen LogP contribution >= 0.6 is 0 Å². The Morgan fingerprint density at radius 2 is 1.77 bits per heavy atom. The third kappa shape index (κ3) is 4.62. The van der Waals surface area contributed by atoms with Crippen LogP contribution in [0.5, 0.6) is 5.75 Å². The monoisotopic (exact) mass is 360 g/mol. The quantitative estimate of drug-likeness (QED) is 0.552. The van der Waals surface area contributed by atoms with E-state index in [4.69, 9.17) is 4.74 Å². The number of allylic oxidation sites excluding steroid dienone is 2. The van der Waals surface area contributed by atoms with Gasteiger partial charge in [0.1, 0.15) is 5.75 Å². The zero-order chi connectivity index (χ0) is 19.3. The van der Waals surface area contributed by atoms with Gasteiger partial charge >= 0.3 is 5.97 Å². The van der Waals surface area contributed by atoms with Gasteiger partial charge in [-0.25, -0.2) is 0 Å². The highest BCUT2D eigenvalue weighted by molar-refractivity contribution is 5.96. The lowest BCUT2D eigenvalue weighted by Crippen LogP contribution is -2.48. The van der Waals surface area contributed by atoms with Crippen LogP contribution in [0.25, 0.3) is 0 Å². The van der Waals surface area contributed by atoms with Crippen molar-refractivity contribution < 1.29 is 24.2 Å². The average Bonchev–Trinajstić information content (AvgIpc) is 2.61. The molecule has 1 aliphatic carbocycles. The van der Waals surface area contributed by atoms with E-state index in [9.17, 15) is 19.5 Å². The first kappa shape index (κ1) is 19.5. The highest BCUT2D eigenvalue weighted by atomic mass is 16.5. The van der Waals surface area contributed by atoms with Gasteiger partial charge in [0.15, 0.2) is 0 Å². The maximum Gasteiger partial charge on any atom is 0.307 e. The number of hydrazine groups is 1. The molecule has 3 N–H and O–H groups in total. The molecule has 7 nitrogen and oxygen atoms in total. The zero-order valence-electron chi connectivity index (χ0n) is 15.2. The van der Waals surface area contributed by atoms with Crippen molar-refractivity contribution in [2.75, 3.05) is 6.61 Å². The minimum Gasteiger partial charge on any atom is -0.494 e. The topological polar surface area (TPSA) is 105 Å². The number of carbonyl (C=O) groups excluding carboxylic acids is 2. The minimum absolute atomic E-state index is 0.335. The van der Waals surface area contributed by atoms with E-state index in [2.05, 4.69) is 10.9 Å². The van der Waals surface area contributed by atoms with Crippen LogP contribution in [0.15, 0.2) is 35.4 Å². The van der Waals surface area contributed by atoms with Crippen molar-refractivity contribution in [3.8, 4) is 5.75 Å². The number of amides is 2. The van der Waals surface area contributed by atoms with Crippen molar-refractivity contribution in [1.29, 1.82) is 0 Å². The summed E-state index contributed by atoms with van der Waals surface area (Å²) in [5.41, 5.74) is 7.05. The minimum atomic E-state index is -1.01. The van der Waals surface area contributed by atoms with Crippen molar-refractivity contribution >= 4 is 17.8 Å². The maximum atomic E-state index is 12.4. The Labute approximate surface area is 152 Å². The van der Waals surface area contributed by atoms with Crippen LogP contribution < -0.4 is 15.6 Å². The molecule has 2 rings (SSSR count). The van der Waals surface area contributed by atoms with Crippen LogP contribution in [0.3, 0.4) is 0 Å². The Morgan fingerprint density at radius 1 is 1.12 bits per heavy atom. The second kappa shape index (κ2) is 8.51. The van der Waals surface area contributed by atoms with Crippen molar-refractivity contribution in [3.63, 3.8) is 0 Å². The molecular formula is C19H24N2O5. The van der Waals surface area contributed by atoms with Gasteiger partial charge in [-0.1, -0.05) is 17.2 Å². The molecule has 0 radical (unpaired) electrons. The van der Waals surface area contributed by atoms with Crippen molar-refractivity contribution in [3.05, 3.63) is 41.0 Å². The van der Waals surface area contributed by atoms with Gasteiger partial charge in [-0.15, -0.1) is 0 Å². The lowest BCUT2D eigenvalue weighted by Gasteiger charge is -2.29. The molecule has 0 heterocycles. The molecule has 0 unspecified atom stereocenters. The molecule has 2 atom stereocenters. The van der Waals surface area contributed by atoms with Gasteiger partial charge in [-0.2, -0.15) is 0 Å². The van der Waals surface area contributed by atoms with Crippen LogP contribution in [0.1, 0.15) is 44.0 Å². The van der Waals surface area contributed by atoms with E-state index in [-0.39, 0.29) is 0 Å². The van der Waals surface area contributed by atoms with Crippen LogP contribution in [0.4, 0.5) is 0 Å². The maximum absolute atomic E-state index is 12.4. The smallest absolute Gasteiger partial charge is 0.307 e. The SMILES string of the molecule is CCOc1cccc(C(=O)NNC(=O)[C@@H]2CC(C)=C(C)C[C@@H]2C(=O)O)c1. The molecular weight excluding hydrogens is 336 g/mol. The van der Waals surface area contributed by atoms with Crippen LogP contribution in [0.2, 0.25) is 0 Å². The Kier molecular flexibility index (Phi) is 6.38. The Bertz CT molecular complexity index is 741. The summed E-state index contributed by atoms with van der Waals surface area (Å²) < 4.78 is 5.34. The third-order valence-electron chi connectivity index (χ3n) is 4.63. The summed E-state index contributed by atoms with van der Waals surface area (Å²) in [7, 11) is 0. The molecule has 0 saturated heterocycles. The standard InChI is InChI=1S/C19H24N2O5/c1-4-26-14-7-5-6-13(10-14)17(22)20-21-18(23)15-8-11(2)12(3)9-16(15)19(24)25/h5-7,10,15-16H,4,8-9H2,1-3H3,(H,20,22)(H,21,23)(H,24,25)/t15-,16+/m1/s1. The summed E-state index contributed by atoms with van der Waals surface area (Å²) >= 11 is 0. The fourth-order valence-corrected chi connectivity index (χ4v) is 3.00. The highest BCUT2D eigenvalue weighted by Gasteiger charge is 2.37. The van der Waals surface area contributed by atoms with E-state index < -0.39 is 29.6 Å². The predicted molar refractivity (Wildman–Crippen MR) is 95.4 cm³/mol. The Balaban J connectivity index is 2.02. The normalized spacial score (nSPS) is 19.7. The van der Waals surface area contributed by atoms with Crippen LogP contribution in [0, 0.1) is 11.8 Å².